The van der Waals surface area contributed by atoms with Gasteiger partial charge in [0.05, 0.1) is 23.4 Å². The number of nitrogens with zero attached hydrogens (tertiary/aromatic N) is 2. The molecule has 0 amide bonds. The molecule has 1 saturated heterocycles. The summed E-state index contributed by atoms with van der Waals surface area (Å²) in [6, 6.07) is 22.5. The van der Waals surface area contributed by atoms with Crippen LogP contribution in [0.1, 0.15) is 23.5 Å². The van der Waals surface area contributed by atoms with Gasteiger partial charge >= 0.3 is 0 Å². The summed E-state index contributed by atoms with van der Waals surface area (Å²) in [4.78, 5) is 7.63. The van der Waals surface area contributed by atoms with Crippen LogP contribution >= 0.6 is 47.2 Å². The zero-order chi connectivity index (χ0) is 25.8. The Labute approximate surface area is 234 Å². The molecule has 1 aliphatic rings. The van der Waals surface area contributed by atoms with Crippen LogP contribution in [0.5, 0.6) is 5.75 Å². The van der Waals surface area contributed by atoms with Crippen molar-refractivity contribution in [1.82, 2.24) is 10.3 Å². The van der Waals surface area contributed by atoms with E-state index in [1.807, 2.05) is 77.7 Å². The van der Waals surface area contributed by atoms with E-state index in [0.29, 0.717) is 34.1 Å². The van der Waals surface area contributed by atoms with E-state index in [-0.39, 0.29) is 12.1 Å². The summed E-state index contributed by atoms with van der Waals surface area (Å²) in [5.74, 6) is 1.33. The van der Waals surface area contributed by atoms with Crippen molar-refractivity contribution in [2.24, 2.45) is 0 Å². The van der Waals surface area contributed by atoms with E-state index >= 15 is 0 Å². The summed E-state index contributed by atoms with van der Waals surface area (Å²) in [5.41, 5.74) is 1.67. The van der Waals surface area contributed by atoms with Gasteiger partial charge in [-0.15, -0.1) is 0 Å². The monoisotopic (exact) mass is 571 g/mol. The minimum atomic E-state index is -0.293. The molecule has 0 unspecified atom stereocenters. The number of thiocarbonyl (C=S) groups is 1. The van der Waals surface area contributed by atoms with Crippen LogP contribution in [0, 0.1) is 0 Å². The lowest BCUT2D eigenvalue weighted by Gasteiger charge is -2.26. The first-order valence-corrected chi connectivity index (χ1v) is 13.5. The van der Waals surface area contributed by atoms with Crippen molar-refractivity contribution in [3.8, 4) is 5.75 Å². The summed E-state index contributed by atoms with van der Waals surface area (Å²) in [6.07, 6.45) is 1.77. The number of benzene rings is 2. The van der Waals surface area contributed by atoms with Crippen molar-refractivity contribution >= 4 is 58.0 Å². The van der Waals surface area contributed by atoms with Gasteiger partial charge in [-0.2, -0.15) is 0 Å². The minimum absolute atomic E-state index is 0.232. The number of nitrogens with one attached hydrogen (secondary N) is 1. The average Bonchev–Trinajstić information content (AvgIpc) is 3.51. The van der Waals surface area contributed by atoms with E-state index in [9.17, 15) is 0 Å². The van der Waals surface area contributed by atoms with Crippen LogP contribution < -0.4 is 15.0 Å². The van der Waals surface area contributed by atoms with Crippen molar-refractivity contribution in [3.05, 3.63) is 100 Å². The van der Waals surface area contributed by atoms with Gasteiger partial charge in [0.25, 0.3) is 0 Å². The van der Waals surface area contributed by atoms with Gasteiger partial charge in [-0.05, 0) is 78.9 Å². The fourth-order valence-electron chi connectivity index (χ4n) is 4.08. The van der Waals surface area contributed by atoms with E-state index in [2.05, 4.69) is 10.3 Å². The van der Waals surface area contributed by atoms with Crippen LogP contribution in [0.4, 0.5) is 5.69 Å². The van der Waals surface area contributed by atoms with E-state index in [1.165, 1.54) is 11.8 Å². The first kappa shape index (κ1) is 25.9. The van der Waals surface area contributed by atoms with E-state index in [0.717, 1.165) is 27.1 Å². The molecular formula is C27H23Cl2N3O3S2. The molecule has 190 valence electrons. The largest absolute Gasteiger partial charge is 0.490 e. The molecule has 1 fully saturated rings. The number of methoxy groups -OCH3 is 1. The number of ether oxygens (including phenoxy) is 2. The molecule has 2 aromatic heterocycles. The highest BCUT2D eigenvalue weighted by atomic mass is 35.5. The maximum absolute atomic E-state index is 6.58. The zero-order valence-corrected chi connectivity index (χ0v) is 22.9. The van der Waals surface area contributed by atoms with Gasteiger partial charge in [-0.1, -0.05) is 41.0 Å². The number of pyridine rings is 1. The molecule has 37 heavy (non-hydrogen) atoms. The highest BCUT2D eigenvalue weighted by Crippen LogP contribution is 2.44. The molecule has 6 nitrogen and oxygen atoms in total. The molecule has 4 aromatic rings. The van der Waals surface area contributed by atoms with Gasteiger partial charge < -0.3 is 24.1 Å². The number of halogens is 2. The van der Waals surface area contributed by atoms with Crippen LogP contribution in [-0.2, 0) is 4.74 Å². The SMILES string of the molecule is COCCOc1ccc(N2C(=S)N[C@@H](c3ccccn3)[C@H]2c2ccc(Sc3ccc(Cl)cc3)o2)cc1Cl. The van der Waals surface area contributed by atoms with Crippen molar-refractivity contribution in [2.75, 3.05) is 25.2 Å². The van der Waals surface area contributed by atoms with E-state index in [4.69, 9.17) is 49.3 Å². The number of hydrogen-bond donors (Lipinski definition) is 1. The molecule has 0 radical (unpaired) electrons. The summed E-state index contributed by atoms with van der Waals surface area (Å²) < 4.78 is 17.1. The third-order valence-corrected chi connectivity index (χ3v) is 7.55. The fraction of sp³-hybridized carbons (Fsp3) is 0.185. The molecule has 0 saturated carbocycles. The van der Waals surface area contributed by atoms with Crippen molar-refractivity contribution < 1.29 is 13.9 Å². The summed E-state index contributed by atoms with van der Waals surface area (Å²) in [7, 11) is 1.63. The lowest BCUT2D eigenvalue weighted by molar-refractivity contribution is 0.146. The van der Waals surface area contributed by atoms with Crippen LogP contribution in [0.2, 0.25) is 10.0 Å². The number of furan rings is 1. The van der Waals surface area contributed by atoms with Gasteiger partial charge in [0, 0.05) is 28.9 Å². The Bertz CT molecular complexity index is 1370. The number of anilines is 1. The highest BCUT2D eigenvalue weighted by molar-refractivity contribution is 7.99. The Kier molecular flexibility index (Phi) is 8.22. The summed E-state index contributed by atoms with van der Waals surface area (Å²) >= 11 is 19.9. The number of rotatable bonds is 9. The Balaban J connectivity index is 1.48. The highest BCUT2D eigenvalue weighted by Gasteiger charge is 2.42. The van der Waals surface area contributed by atoms with Gasteiger partial charge in [-0.3, -0.25) is 4.98 Å². The quantitative estimate of drug-likeness (QED) is 0.165. The summed E-state index contributed by atoms with van der Waals surface area (Å²) in [6.45, 7) is 0.880. The molecule has 10 heteroatoms. The molecule has 2 atom stereocenters. The molecule has 0 bridgehead atoms. The molecule has 0 spiro atoms. The van der Waals surface area contributed by atoms with Crippen molar-refractivity contribution in [2.45, 2.75) is 22.1 Å². The van der Waals surface area contributed by atoms with Gasteiger partial charge in [-0.25, -0.2) is 0 Å². The third kappa shape index (κ3) is 5.89. The average molecular weight is 573 g/mol. The predicted octanol–water partition coefficient (Wildman–Crippen LogP) is 7.33. The van der Waals surface area contributed by atoms with Gasteiger partial charge in [0.15, 0.2) is 10.2 Å². The predicted molar refractivity (Wildman–Crippen MR) is 151 cm³/mol. The molecule has 1 aliphatic heterocycles. The molecule has 1 N–H and O–H groups in total. The molecule has 2 aromatic carbocycles. The first-order valence-electron chi connectivity index (χ1n) is 11.5. The molecular weight excluding hydrogens is 549 g/mol. The molecule has 0 aliphatic carbocycles. The topological polar surface area (TPSA) is 59.8 Å². The maximum Gasteiger partial charge on any atom is 0.174 e. The molecule has 3 heterocycles. The Morgan fingerprint density at radius 2 is 1.89 bits per heavy atom. The zero-order valence-electron chi connectivity index (χ0n) is 19.8. The van der Waals surface area contributed by atoms with Gasteiger partial charge in [0.1, 0.15) is 24.2 Å². The van der Waals surface area contributed by atoms with Crippen molar-refractivity contribution in [1.29, 1.82) is 0 Å². The summed E-state index contributed by atoms with van der Waals surface area (Å²) in [5, 5.41) is 5.91. The van der Waals surface area contributed by atoms with Crippen LogP contribution in [0.3, 0.4) is 0 Å². The Morgan fingerprint density at radius 3 is 2.62 bits per heavy atom. The van der Waals surface area contributed by atoms with Crippen LogP contribution in [0.25, 0.3) is 0 Å². The van der Waals surface area contributed by atoms with Crippen LogP contribution in [-0.4, -0.2) is 30.4 Å². The Hall–Kier alpha value is -2.75. The van der Waals surface area contributed by atoms with E-state index in [1.54, 1.807) is 13.3 Å². The standard InChI is InChI=1S/C27H23Cl2N3O3S2/c1-33-14-15-34-22-10-7-18(16-20(22)29)32-26(25(31-27(32)36)21-4-2-3-13-30-21)23-11-12-24(35-23)37-19-8-5-17(28)6-9-19/h2-13,16,25-26H,14-15H2,1H3,(H,31,36)/t25-,26+/m0/s1. The minimum Gasteiger partial charge on any atom is -0.490 e. The Morgan fingerprint density at radius 1 is 1.05 bits per heavy atom. The first-order chi connectivity index (χ1) is 18.0. The number of aromatic nitrogens is 1. The number of hydrogen-bond acceptors (Lipinski definition) is 6. The third-order valence-electron chi connectivity index (χ3n) is 5.76. The van der Waals surface area contributed by atoms with Crippen LogP contribution in [0.15, 0.2) is 93.4 Å². The second-order valence-electron chi connectivity index (χ2n) is 8.17. The van der Waals surface area contributed by atoms with Crippen molar-refractivity contribution in [3.63, 3.8) is 0 Å². The van der Waals surface area contributed by atoms with Gasteiger partial charge in [0.2, 0.25) is 0 Å². The fourth-order valence-corrected chi connectivity index (χ4v) is 5.56. The smallest absolute Gasteiger partial charge is 0.174 e. The second-order valence-corrected chi connectivity index (χ2v) is 10.5. The maximum atomic E-state index is 6.58. The second kappa shape index (κ2) is 11.8. The molecule has 5 rings (SSSR count). The lowest BCUT2D eigenvalue weighted by Crippen LogP contribution is -2.29. The lowest BCUT2D eigenvalue weighted by atomic mass is 10.0. The van der Waals surface area contributed by atoms with E-state index < -0.39 is 0 Å². The normalized spacial score (nSPS) is 17.2.